The first-order chi connectivity index (χ1) is 3.73. The number of halogens is 1. The summed E-state index contributed by atoms with van der Waals surface area (Å²) >= 11 is 0. The van der Waals surface area contributed by atoms with Gasteiger partial charge < -0.3 is 0 Å². The first kappa shape index (κ1) is 11.9. The molecule has 0 saturated carbocycles. The van der Waals surface area contributed by atoms with Crippen molar-refractivity contribution in [2.75, 3.05) is 0 Å². The molecule has 0 bridgehead atoms. The summed E-state index contributed by atoms with van der Waals surface area (Å²) < 4.78 is 49.4. The van der Waals surface area contributed by atoms with Crippen LogP contribution in [0.25, 0.3) is 0 Å². The predicted molar refractivity (Wildman–Crippen MR) is 30.3 cm³/mol. The lowest BCUT2D eigenvalue weighted by molar-refractivity contribution is 0.501. The molecule has 0 radical (unpaired) electrons. The highest BCUT2D eigenvalue weighted by Gasteiger charge is 1.86. The van der Waals surface area contributed by atoms with Gasteiger partial charge in [-0.2, -0.15) is 8.42 Å². The Kier molecular flexibility index (Phi) is 6.51. The van der Waals surface area contributed by atoms with Gasteiger partial charge in [-0.05, 0) is 0 Å². The Morgan fingerprint density at radius 2 is 1.33 bits per heavy atom. The molecule has 0 aromatic carbocycles. The molecule has 9 heavy (non-hydrogen) atoms. The van der Waals surface area contributed by atoms with Gasteiger partial charge in [-0.3, -0.25) is 9.11 Å². The Morgan fingerprint density at radius 3 is 1.33 bits per heavy atom. The maximum Gasteiger partial charge on any atom is 0.353 e. The Morgan fingerprint density at radius 1 is 1.33 bits per heavy atom. The van der Waals surface area contributed by atoms with Crippen LogP contribution in [0, 0.1) is 0 Å². The average molecular weight is 199 g/mol. The fourth-order valence-electron chi connectivity index (χ4n) is 0. The highest BCUT2D eigenvalue weighted by Crippen LogP contribution is 1.82. The SMILES string of the molecule is O=S(=O)(O)Cl.O=[SH](=O)O. The van der Waals surface area contributed by atoms with E-state index >= 15 is 0 Å². The minimum Gasteiger partial charge on any atom is -0.288 e. The number of hydrogen-bond donors (Lipinski definition) is 3. The smallest absolute Gasteiger partial charge is 0.288 e. The van der Waals surface area contributed by atoms with Gasteiger partial charge in [-0.15, -0.1) is 0 Å². The number of thiol groups is 1. The van der Waals surface area contributed by atoms with Crippen molar-refractivity contribution >= 4 is 31.0 Å². The van der Waals surface area contributed by atoms with Gasteiger partial charge >= 0.3 is 9.33 Å². The quantitative estimate of drug-likeness (QED) is 0.264. The molecule has 2 N–H and O–H groups in total. The van der Waals surface area contributed by atoms with Crippen molar-refractivity contribution in [3.05, 3.63) is 0 Å². The van der Waals surface area contributed by atoms with E-state index in [9.17, 15) is 0 Å². The molecule has 0 rings (SSSR count). The first-order valence-corrected chi connectivity index (χ1v) is 4.63. The van der Waals surface area contributed by atoms with Crippen LogP contribution >= 0.6 is 10.7 Å². The van der Waals surface area contributed by atoms with Crippen LogP contribution in [0.4, 0.5) is 0 Å². The van der Waals surface area contributed by atoms with Gasteiger partial charge in [0, 0.05) is 10.7 Å². The van der Waals surface area contributed by atoms with E-state index in [-0.39, 0.29) is 0 Å². The monoisotopic (exact) mass is 198 g/mol. The minimum atomic E-state index is -4.19. The van der Waals surface area contributed by atoms with E-state index in [2.05, 4.69) is 10.7 Å². The Labute approximate surface area is 57.5 Å². The lowest BCUT2D eigenvalue weighted by Gasteiger charge is -1.65. The molecule has 0 amide bonds. The highest BCUT2D eigenvalue weighted by molar-refractivity contribution is 8.09. The molecule has 6 nitrogen and oxygen atoms in total. The molecule has 0 aliphatic heterocycles. The van der Waals surface area contributed by atoms with E-state index in [0.717, 1.165) is 0 Å². The molecule has 58 valence electrons. The zero-order valence-corrected chi connectivity index (χ0v) is 6.23. The van der Waals surface area contributed by atoms with E-state index in [4.69, 9.17) is 25.9 Å². The molecule has 0 fully saturated rings. The van der Waals surface area contributed by atoms with Crippen molar-refractivity contribution in [3.63, 3.8) is 0 Å². The van der Waals surface area contributed by atoms with E-state index in [1.54, 1.807) is 0 Å². The van der Waals surface area contributed by atoms with Crippen LogP contribution in [-0.4, -0.2) is 25.9 Å². The molecule has 0 saturated heterocycles. The topological polar surface area (TPSA) is 109 Å². The molecule has 0 atom stereocenters. The van der Waals surface area contributed by atoms with Crippen LogP contribution in [-0.2, 0) is 20.3 Å². The average Bonchev–Trinajstić information content (AvgIpc) is 1.19. The molecule has 0 aromatic rings. The molecule has 0 aromatic heterocycles. The molecule has 0 heterocycles. The Hall–Kier alpha value is 0.110. The molecule has 9 heteroatoms. The zero-order chi connectivity index (χ0) is 8.08. The standard InChI is InChI=1S/ClHO3S.H2O3S/c1-5(2,3)4;1-4(2)3/h(H,2,3,4);4H,(H,1,2,3). The summed E-state index contributed by atoms with van der Waals surface area (Å²) in [7, 11) is -3.26. The lowest BCUT2D eigenvalue weighted by atomic mass is 15.9. The predicted octanol–water partition coefficient (Wildman–Crippen LogP) is -0.901. The van der Waals surface area contributed by atoms with Gasteiger partial charge in [0.2, 0.25) is 0 Å². The second kappa shape index (κ2) is 4.94. The largest absolute Gasteiger partial charge is 0.353 e. The van der Waals surface area contributed by atoms with Crippen LogP contribution in [0.1, 0.15) is 0 Å². The molecule has 0 unspecified atom stereocenters. The van der Waals surface area contributed by atoms with Gasteiger partial charge in [0.1, 0.15) is 0 Å². The summed E-state index contributed by atoms with van der Waals surface area (Å²) in [6, 6.07) is 0. The molecular weight excluding hydrogens is 196 g/mol. The van der Waals surface area contributed by atoms with Crippen molar-refractivity contribution in [2.24, 2.45) is 0 Å². The number of hydrogen-bond acceptors (Lipinski definition) is 4. The second-order valence-electron chi connectivity index (χ2n) is 0.650. The van der Waals surface area contributed by atoms with Crippen molar-refractivity contribution in [3.8, 4) is 0 Å². The van der Waals surface area contributed by atoms with E-state index in [1.165, 1.54) is 0 Å². The third-order valence-corrected chi connectivity index (χ3v) is 0. The molecule has 0 aliphatic rings. The van der Waals surface area contributed by atoms with Gasteiger partial charge in [-0.1, -0.05) is 0 Å². The Bertz CT molecular complexity index is 191. The Balaban J connectivity index is 0. The molecule has 0 spiro atoms. The highest BCUT2D eigenvalue weighted by atomic mass is 35.7. The van der Waals surface area contributed by atoms with E-state index in [0.29, 0.717) is 0 Å². The van der Waals surface area contributed by atoms with Gasteiger partial charge in [0.25, 0.3) is 11.0 Å². The van der Waals surface area contributed by atoms with Crippen LogP contribution < -0.4 is 0 Å². The van der Waals surface area contributed by atoms with Crippen molar-refractivity contribution in [1.29, 1.82) is 0 Å². The number of rotatable bonds is 0. The summed E-state index contributed by atoms with van der Waals surface area (Å²) in [6.45, 7) is 0. The van der Waals surface area contributed by atoms with Crippen molar-refractivity contribution in [2.45, 2.75) is 0 Å². The third kappa shape index (κ3) is 25000. The zero-order valence-electron chi connectivity index (χ0n) is 3.76. The first-order valence-electron chi connectivity index (χ1n) is 1.24. The van der Waals surface area contributed by atoms with Crippen LogP contribution in [0.5, 0.6) is 0 Å². The van der Waals surface area contributed by atoms with Crippen LogP contribution in [0.2, 0.25) is 0 Å². The van der Waals surface area contributed by atoms with Crippen LogP contribution in [0.3, 0.4) is 0 Å². The normalized spacial score (nSPS) is 10.2. The van der Waals surface area contributed by atoms with Crippen molar-refractivity contribution < 1.29 is 25.9 Å². The van der Waals surface area contributed by atoms with Gasteiger partial charge in [0.15, 0.2) is 0 Å². The maximum atomic E-state index is 8.95. The van der Waals surface area contributed by atoms with Crippen LogP contribution in [0.15, 0.2) is 0 Å². The molecule has 0 aliphatic carbocycles. The summed E-state index contributed by atoms with van der Waals surface area (Å²) in [5, 5.41) is 0. The van der Waals surface area contributed by atoms with E-state index < -0.39 is 20.3 Å². The van der Waals surface area contributed by atoms with E-state index in [1.807, 2.05) is 0 Å². The molecular formula is H3ClO6S2. The van der Waals surface area contributed by atoms with Gasteiger partial charge in [-0.25, -0.2) is 8.42 Å². The lowest BCUT2D eigenvalue weighted by Crippen LogP contribution is -1.77. The second-order valence-corrected chi connectivity index (χ2v) is 3.12. The third-order valence-electron chi connectivity index (χ3n) is 0. The van der Waals surface area contributed by atoms with Crippen molar-refractivity contribution in [1.82, 2.24) is 0 Å². The fraction of sp³-hybridized carbons (Fsp3) is 0. The maximum absolute atomic E-state index is 8.95. The summed E-state index contributed by atoms with van der Waals surface area (Å²) in [5.41, 5.74) is 0. The minimum absolute atomic E-state index is 3.12. The summed E-state index contributed by atoms with van der Waals surface area (Å²) in [6.07, 6.45) is 0. The summed E-state index contributed by atoms with van der Waals surface area (Å²) in [5.74, 6) is 0. The fourth-order valence-corrected chi connectivity index (χ4v) is 0. The van der Waals surface area contributed by atoms with Gasteiger partial charge in [0.05, 0.1) is 0 Å². The summed E-state index contributed by atoms with van der Waals surface area (Å²) in [4.78, 5) is 0.